The van der Waals surface area contributed by atoms with Gasteiger partial charge in [-0.25, -0.2) is 0 Å². The van der Waals surface area contributed by atoms with Crippen molar-refractivity contribution in [1.82, 2.24) is 5.32 Å². The first-order chi connectivity index (χ1) is 9.13. The molecule has 1 aliphatic heterocycles. The van der Waals surface area contributed by atoms with E-state index < -0.39 is 0 Å². The third-order valence-electron chi connectivity index (χ3n) is 3.57. The first kappa shape index (κ1) is 13.9. The molecular formula is C15H22N2O2. The second-order valence-corrected chi connectivity index (χ2v) is 5.25. The van der Waals surface area contributed by atoms with Crippen molar-refractivity contribution in [3.8, 4) is 0 Å². The van der Waals surface area contributed by atoms with Gasteiger partial charge in [-0.15, -0.1) is 0 Å². The topological polar surface area (TPSA) is 50.4 Å². The Bertz CT molecular complexity index is 457. The van der Waals surface area contributed by atoms with Crippen molar-refractivity contribution in [3.63, 3.8) is 0 Å². The molecule has 0 saturated carbocycles. The Balaban J connectivity index is 2.05. The maximum absolute atomic E-state index is 11.7. The summed E-state index contributed by atoms with van der Waals surface area (Å²) >= 11 is 0. The number of hydrogen-bond donors (Lipinski definition) is 2. The number of fused-ring (bicyclic) bond motifs is 1. The largest absolute Gasteiger partial charge is 0.468 e. The molecule has 2 rings (SSSR count). The second kappa shape index (κ2) is 6.06. The minimum absolute atomic E-state index is 0.199. The lowest BCUT2D eigenvalue weighted by Crippen LogP contribution is -2.41. The van der Waals surface area contributed by atoms with Crippen molar-refractivity contribution < 1.29 is 9.53 Å². The second-order valence-electron chi connectivity index (χ2n) is 5.25. The number of rotatable bonds is 5. The molecule has 1 aromatic carbocycles. The predicted octanol–water partition coefficient (Wildman–Crippen LogP) is 1.94. The van der Waals surface area contributed by atoms with Gasteiger partial charge in [-0.1, -0.05) is 32.0 Å². The Labute approximate surface area is 114 Å². The number of ether oxygens (including phenoxy) is 1. The normalized spacial score (nSPS) is 14.9. The molecule has 0 fully saturated rings. The van der Waals surface area contributed by atoms with Gasteiger partial charge in [0.05, 0.1) is 7.11 Å². The Morgan fingerprint density at radius 3 is 2.95 bits per heavy atom. The lowest BCUT2D eigenvalue weighted by molar-refractivity contribution is -0.144. The molecule has 1 aromatic rings. The number of nitrogens with one attached hydrogen (secondary N) is 2. The minimum Gasteiger partial charge on any atom is -0.468 e. The van der Waals surface area contributed by atoms with Crippen LogP contribution >= 0.6 is 0 Å². The van der Waals surface area contributed by atoms with Crippen LogP contribution in [0.2, 0.25) is 0 Å². The molecule has 0 spiro atoms. The van der Waals surface area contributed by atoms with Gasteiger partial charge in [0.25, 0.3) is 0 Å². The first-order valence-corrected chi connectivity index (χ1v) is 6.79. The van der Waals surface area contributed by atoms with Crippen LogP contribution in [0.15, 0.2) is 18.2 Å². The number of anilines is 1. The molecule has 4 nitrogen and oxygen atoms in total. The van der Waals surface area contributed by atoms with E-state index in [1.807, 2.05) is 13.8 Å². The van der Waals surface area contributed by atoms with Crippen molar-refractivity contribution in [2.24, 2.45) is 5.92 Å². The molecule has 0 amide bonds. The van der Waals surface area contributed by atoms with E-state index in [9.17, 15) is 4.79 Å². The van der Waals surface area contributed by atoms with Gasteiger partial charge in [0.15, 0.2) is 0 Å². The van der Waals surface area contributed by atoms with Crippen LogP contribution in [0.3, 0.4) is 0 Å². The highest BCUT2D eigenvalue weighted by atomic mass is 16.5. The SMILES string of the molecule is COC(=O)[C@@H](NCc1cccc2c1NCC2)C(C)C. The first-order valence-electron chi connectivity index (χ1n) is 6.79. The Morgan fingerprint density at radius 2 is 2.26 bits per heavy atom. The summed E-state index contributed by atoms with van der Waals surface area (Å²) in [6.45, 7) is 5.70. The van der Waals surface area contributed by atoms with Gasteiger partial charge in [0.1, 0.15) is 6.04 Å². The number of para-hydroxylation sites is 1. The lowest BCUT2D eigenvalue weighted by atomic mass is 10.0. The molecule has 0 aliphatic carbocycles. The smallest absolute Gasteiger partial charge is 0.323 e. The van der Waals surface area contributed by atoms with Gasteiger partial charge in [-0.3, -0.25) is 10.1 Å². The van der Waals surface area contributed by atoms with E-state index in [1.165, 1.54) is 23.9 Å². The molecule has 104 valence electrons. The molecular weight excluding hydrogens is 240 g/mol. The Kier molecular flexibility index (Phi) is 4.43. The fourth-order valence-corrected chi connectivity index (χ4v) is 2.50. The molecule has 0 bridgehead atoms. The van der Waals surface area contributed by atoms with E-state index in [-0.39, 0.29) is 17.9 Å². The summed E-state index contributed by atoms with van der Waals surface area (Å²) < 4.78 is 4.84. The molecule has 2 N–H and O–H groups in total. The summed E-state index contributed by atoms with van der Waals surface area (Å²) in [5.41, 5.74) is 3.80. The summed E-state index contributed by atoms with van der Waals surface area (Å²) in [5.74, 6) is 0.00713. The number of carbonyl (C=O) groups is 1. The van der Waals surface area contributed by atoms with E-state index in [1.54, 1.807) is 0 Å². The van der Waals surface area contributed by atoms with Crippen LogP contribution < -0.4 is 10.6 Å². The zero-order chi connectivity index (χ0) is 13.8. The van der Waals surface area contributed by atoms with Crippen LogP contribution in [0, 0.1) is 5.92 Å². The average Bonchev–Trinajstić information content (AvgIpc) is 2.87. The van der Waals surface area contributed by atoms with Gasteiger partial charge >= 0.3 is 5.97 Å². The van der Waals surface area contributed by atoms with Crippen LogP contribution in [-0.2, 0) is 22.5 Å². The maximum Gasteiger partial charge on any atom is 0.323 e. The number of esters is 1. The molecule has 0 radical (unpaired) electrons. The average molecular weight is 262 g/mol. The predicted molar refractivity (Wildman–Crippen MR) is 76.1 cm³/mol. The van der Waals surface area contributed by atoms with Crippen molar-refractivity contribution in [2.45, 2.75) is 32.9 Å². The van der Waals surface area contributed by atoms with Crippen LogP contribution in [-0.4, -0.2) is 25.7 Å². The minimum atomic E-state index is -0.262. The molecule has 1 atom stereocenters. The highest BCUT2D eigenvalue weighted by Gasteiger charge is 2.23. The van der Waals surface area contributed by atoms with Gasteiger partial charge in [-0.05, 0) is 23.5 Å². The van der Waals surface area contributed by atoms with Crippen LogP contribution in [0.1, 0.15) is 25.0 Å². The molecule has 4 heteroatoms. The summed E-state index contributed by atoms with van der Waals surface area (Å²) in [4.78, 5) is 11.7. The van der Waals surface area contributed by atoms with Gasteiger partial charge in [0.2, 0.25) is 0 Å². The van der Waals surface area contributed by atoms with Crippen LogP contribution in [0.5, 0.6) is 0 Å². The summed E-state index contributed by atoms with van der Waals surface area (Å²) in [6.07, 6.45) is 1.08. The fraction of sp³-hybridized carbons (Fsp3) is 0.533. The number of methoxy groups -OCH3 is 1. The summed E-state index contributed by atoms with van der Waals surface area (Å²) in [5, 5.41) is 6.71. The van der Waals surface area contributed by atoms with Crippen molar-refractivity contribution in [2.75, 3.05) is 19.0 Å². The maximum atomic E-state index is 11.7. The molecule has 19 heavy (non-hydrogen) atoms. The number of carbonyl (C=O) groups excluding carboxylic acids is 1. The van der Waals surface area contributed by atoms with E-state index >= 15 is 0 Å². The highest BCUT2D eigenvalue weighted by molar-refractivity contribution is 5.76. The number of hydrogen-bond acceptors (Lipinski definition) is 4. The van der Waals surface area contributed by atoms with Crippen molar-refractivity contribution >= 4 is 11.7 Å². The van der Waals surface area contributed by atoms with Gasteiger partial charge < -0.3 is 10.1 Å². The summed E-state index contributed by atoms with van der Waals surface area (Å²) in [7, 11) is 1.43. The van der Waals surface area contributed by atoms with Crippen LogP contribution in [0.25, 0.3) is 0 Å². The standard InChI is InChI=1S/C15H22N2O2/c1-10(2)13(15(18)19-3)17-9-12-6-4-5-11-7-8-16-14(11)12/h4-6,10,13,16-17H,7-9H2,1-3H3/t13-/m0/s1. The van der Waals surface area contributed by atoms with Crippen molar-refractivity contribution in [3.05, 3.63) is 29.3 Å². The Hall–Kier alpha value is -1.55. The molecule has 1 heterocycles. The summed E-state index contributed by atoms with van der Waals surface area (Å²) in [6, 6.07) is 6.06. The molecule has 1 aliphatic rings. The number of benzene rings is 1. The zero-order valence-corrected chi connectivity index (χ0v) is 11.8. The highest BCUT2D eigenvalue weighted by Crippen LogP contribution is 2.26. The van der Waals surface area contributed by atoms with Crippen molar-refractivity contribution in [1.29, 1.82) is 0 Å². The Morgan fingerprint density at radius 1 is 1.47 bits per heavy atom. The monoisotopic (exact) mass is 262 g/mol. The molecule has 0 saturated heterocycles. The lowest BCUT2D eigenvalue weighted by Gasteiger charge is -2.20. The third-order valence-corrected chi connectivity index (χ3v) is 3.57. The van der Waals surface area contributed by atoms with E-state index in [0.717, 1.165) is 13.0 Å². The van der Waals surface area contributed by atoms with Gasteiger partial charge in [0, 0.05) is 18.8 Å². The van der Waals surface area contributed by atoms with E-state index in [4.69, 9.17) is 4.74 Å². The third kappa shape index (κ3) is 3.07. The quantitative estimate of drug-likeness (QED) is 0.796. The van der Waals surface area contributed by atoms with Crippen LogP contribution in [0.4, 0.5) is 5.69 Å². The zero-order valence-electron chi connectivity index (χ0n) is 11.8. The molecule has 0 unspecified atom stereocenters. The van der Waals surface area contributed by atoms with Gasteiger partial charge in [-0.2, -0.15) is 0 Å². The van der Waals surface area contributed by atoms with E-state index in [2.05, 4.69) is 28.8 Å². The fourth-order valence-electron chi connectivity index (χ4n) is 2.50. The van der Waals surface area contributed by atoms with E-state index in [0.29, 0.717) is 6.54 Å². The molecule has 0 aromatic heterocycles.